The van der Waals surface area contributed by atoms with Crippen molar-refractivity contribution in [3.63, 3.8) is 0 Å². The molecule has 0 saturated heterocycles. The van der Waals surface area contributed by atoms with E-state index in [1.165, 1.54) is 5.56 Å². The number of alkyl carbamates (subject to hydrolysis) is 1. The van der Waals surface area contributed by atoms with Crippen LogP contribution in [0.15, 0.2) is 24.8 Å². The van der Waals surface area contributed by atoms with E-state index in [-0.39, 0.29) is 5.41 Å². The molecule has 0 aliphatic rings. The van der Waals surface area contributed by atoms with Gasteiger partial charge in [-0.3, -0.25) is 0 Å². The quantitative estimate of drug-likeness (QED) is 0.811. The molecule has 0 unspecified atom stereocenters. The van der Waals surface area contributed by atoms with Gasteiger partial charge in [-0.15, -0.1) is 0 Å². The lowest BCUT2D eigenvalue weighted by atomic mass is 9.86. The van der Waals surface area contributed by atoms with E-state index in [9.17, 15) is 4.79 Å². The van der Waals surface area contributed by atoms with Crippen LogP contribution in [0.4, 0.5) is 4.79 Å². The summed E-state index contributed by atoms with van der Waals surface area (Å²) in [6.45, 7) is 16.6. The number of benzene rings is 1. The van der Waals surface area contributed by atoms with Gasteiger partial charge in [0, 0.05) is 5.56 Å². The third kappa shape index (κ3) is 6.76. The van der Waals surface area contributed by atoms with Crippen LogP contribution in [0.2, 0.25) is 0 Å². The number of amides is 1. The first-order valence-corrected chi connectivity index (χ1v) is 7.89. The van der Waals surface area contributed by atoms with E-state index in [1.54, 1.807) is 6.08 Å². The van der Waals surface area contributed by atoms with Crippen molar-refractivity contribution in [1.82, 2.24) is 5.32 Å². The fourth-order valence-electron chi connectivity index (χ4n) is 1.93. The molecule has 0 atom stereocenters. The van der Waals surface area contributed by atoms with Crippen LogP contribution < -0.4 is 10.1 Å². The Bertz CT molecular complexity index is 551. The molecule has 4 heteroatoms. The van der Waals surface area contributed by atoms with E-state index >= 15 is 0 Å². The highest BCUT2D eigenvalue weighted by Gasteiger charge is 2.16. The highest BCUT2D eigenvalue weighted by atomic mass is 16.6. The topological polar surface area (TPSA) is 47.6 Å². The van der Waals surface area contributed by atoms with Crippen molar-refractivity contribution in [2.45, 2.75) is 52.6 Å². The molecule has 23 heavy (non-hydrogen) atoms. The Morgan fingerprint density at radius 3 is 2.39 bits per heavy atom. The molecule has 0 aliphatic heterocycles. The van der Waals surface area contributed by atoms with Gasteiger partial charge in [-0.25, -0.2) is 4.79 Å². The maximum Gasteiger partial charge on any atom is 0.407 e. The molecule has 0 heterocycles. The zero-order chi connectivity index (χ0) is 17.7. The highest BCUT2D eigenvalue weighted by molar-refractivity contribution is 5.67. The van der Waals surface area contributed by atoms with E-state index < -0.39 is 11.7 Å². The highest BCUT2D eigenvalue weighted by Crippen LogP contribution is 2.28. The van der Waals surface area contributed by atoms with Crippen LogP contribution in [0.3, 0.4) is 0 Å². The Morgan fingerprint density at radius 2 is 1.87 bits per heavy atom. The molecule has 1 aromatic carbocycles. The molecule has 0 bridgehead atoms. The summed E-state index contributed by atoms with van der Waals surface area (Å²) in [5.74, 6) is 0.763. The molecule has 128 valence electrons. The van der Waals surface area contributed by atoms with Gasteiger partial charge in [0.05, 0.1) is 6.54 Å². The normalized spacial score (nSPS) is 11.7. The molecule has 0 aliphatic carbocycles. The van der Waals surface area contributed by atoms with Crippen LogP contribution in [-0.4, -0.2) is 24.8 Å². The van der Waals surface area contributed by atoms with Gasteiger partial charge in [0.1, 0.15) is 18.0 Å². The zero-order valence-corrected chi connectivity index (χ0v) is 15.2. The fraction of sp³-hybridized carbons (Fsp3) is 0.526. The standard InChI is InChI=1S/C19H29NO3/c1-8-14-13-15(18(2,3)4)9-10-16(14)22-12-11-20-17(21)23-19(5,6)7/h8-10,13H,1,11-12H2,2-7H3,(H,20,21). The largest absolute Gasteiger partial charge is 0.491 e. The summed E-state index contributed by atoms with van der Waals surface area (Å²) < 4.78 is 10.9. The monoisotopic (exact) mass is 319 g/mol. The first kappa shape index (κ1) is 19.1. The Hall–Kier alpha value is -1.97. The number of ether oxygens (including phenoxy) is 2. The van der Waals surface area contributed by atoms with Gasteiger partial charge in [0.2, 0.25) is 0 Å². The zero-order valence-electron chi connectivity index (χ0n) is 15.2. The lowest BCUT2D eigenvalue weighted by Crippen LogP contribution is -2.34. The Kier molecular flexibility index (Phi) is 6.25. The van der Waals surface area contributed by atoms with E-state index in [1.807, 2.05) is 26.8 Å². The van der Waals surface area contributed by atoms with Crippen molar-refractivity contribution in [1.29, 1.82) is 0 Å². The average molecular weight is 319 g/mol. The van der Waals surface area contributed by atoms with Crippen LogP contribution in [0.5, 0.6) is 5.75 Å². The molecular formula is C19H29NO3. The van der Waals surface area contributed by atoms with Crippen LogP contribution in [0.25, 0.3) is 6.08 Å². The third-order valence-electron chi connectivity index (χ3n) is 3.12. The summed E-state index contributed by atoms with van der Waals surface area (Å²) >= 11 is 0. The van der Waals surface area contributed by atoms with Crippen LogP contribution >= 0.6 is 0 Å². The molecule has 1 N–H and O–H groups in total. The molecule has 1 aromatic rings. The van der Waals surface area contributed by atoms with Crippen molar-refractivity contribution in [2.24, 2.45) is 0 Å². The fourth-order valence-corrected chi connectivity index (χ4v) is 1.93. The second-order valence-corrected chi connectivity index (χ2v) is 7.48. The van der Waals surface area contributed by atoms with E-state index in [2.05, 4.69) is 44.8 Å². The van der Waals surface area contributed by atoms with Crippen molar-refractivity contribution in [2.75, 3.05) is 13.2 Å². The molecule has 0 aromatic heterocycles. The Labute approximate surface area is 139 Å². The smallest absolute Gasteiger partial charge is 0.407 e. The van der Waals surface area contributed by atoms with Gasteiger partial charge in [-0.1, -0.05) is 39.5 Å². The predicted octanol–water partition coefficient (Wildman–Crippen LogP) is 4.53. The molecule has 0 radical (unpaired) electrons. The maximum absolute atomic E-state index is 11.5. The molecule has 0 fully saturated rings. The van der Waals surface area contributed by atoms with E-state index in [0.717, 1.165) is 11.3 Å². The molecule has 0 saturated carbocycles. The lowest BCUT2D eigenvalue weighted by molar-refractivity contribution is 0.0520. The Morgan fingerprint density at radius 1 is 1.22 bits per heavy atom. The van der Waals surface area contributed by atoms with Gasteiger partial charge in [0.25, 0.3) is 0 Å². The molecule has 0 spiro atoms. The minimum Gasteiger partial charge on any atom is -0.491 e. The van der Waals surface area contributed by atoms with Gasteiger partial charge in [0.15, 0.2) is 0 Å². The van der Waals surface area contributed by atoms with Crippen LogP contribution in [-0.2, 0) is 10.2 Å². The lowest BCUT2D eigenvalue weighted by Gasteiger charge is -2.21. The first-order valence-electron chi connectivity index (χ1n) is 7.89. The SMILES string of the molecule is C=Cc1cc(C(C)(C)C)ccc1OCCNC(=O)OC(C)(C)C. The number of rotatable bonds is 5. The van der Waals surface area contributed by atoms with E-state index in [4.69, 9.17) is 9.47 Å². The number of nitrogens with one attached hydrogen (secondary N) is 1. The van der Waals surface area contributed by atoms with Crippen molar-refractivity contribution < 1.29 is 14.3 Å². The maximum atomic E-state index is 11.5. The molecule has 4 nitrogen and oxygen atoms in total. The number of hydrogen-bond acceptors (Lipinski definition) is 3. The average Bonchev–Trinajstić information content (AvgIpc) is 2.40. The van der Waals surface area contributed by atoms with Gasteiger partial charge < -0.3 is 14.8 Å². The predicted molar refractivity (Wildman–Crippen MR) is 95.0 cm³/mol. The third-order valence-corrected chi connectivity index (χ3v) is 3.12. The first-order chi connectivity index (χ1) is 10.5. The summed E-state index contributed by atoms with van der Waals surface area (Å²) in [4.78, 5) is 11.5. The van der Waals surface area contributed by atoms with E-state index in [0.29, 0.717) is 13.2 Å². The Balaban J connectivity index is 2.55. The summed E-state index contributed by atoms with van der Waals surface area (Å²) in [5.41, 5.74) is 1.76. The summed E-state index contributed by atoms with van der Waals surface area (Å²) in [7, 11) is 0. The summed E-state index contributed by atoms with van der Waals surface area (Å²) in [5, 5.41) is 2.67. The molecule has 1 rings (SSSR count). The van der Waals surface area contributed by atoms with Gasteiger partial charge in [-0.05, 0) is 43.9 Å². The molecule has 1 amide bonds. The van der Waals surface area contributed by atoms with Crippen molar-refractivity contribution >= 4 is 12.2 Å². The minimum atomic E-state index is -0.496. The van der Waals surface area contributed by atoms with Crippen molar-refractivity contribution in [3.8, 4) is 5.75 Å². The second kappa shape index (κ2) is 7.53. The second-order valence-electron chi connectivity index (χ2n) is 7.48. The van der Waals surface area contributed by atoms with Gasteiger partial charge >= 0.3 is 6.09 Å². The van der Waals surface area contributed by atoms with Crippen LogP contribution in [0, 0.1) is 0 Å². The summed E-state index contributed by atoms with van der Waals surface area (Å²) in [6.07, 6.45) is 1.35. The number of hydrogen-bond donors (Lipinski definition) is 1. The minimum absolute atomic E-state index is 0.0779. The number of carbonyl (C=O) groups is 1. The van der Waals surface area contributed by atoms with Crippen LogP contribution in [0.1, 0.15) is 52.7 Å². The number of carbonyl (C=O) groups excluding carboxylic acids is 1. The van der Waals surface area contributed by atoms with Gasteiger partial charge in [-0.2, -0.15) is 0 Å². The molecular weight excluding hydrogens is 290 g/mol. The van der Waals surface area contributed by atoms with Crippen molar-refractivity contribution in [3.05, 3.63) is 35.9 Å². The summed E-state index contributed by atoms with van der Waals surface area (Å²) in [6, 6.07) is 6.10.